The molecular formula is C37H33N7O15S3. The molecule has 0 spiro atoms. The van der Waals surface area contributed by atoms with E-state index in [0.717, 1.165) is 12.1 Å². The number of aliphatic hydroxyl groups excluding tert-OH is 1. The number of benzene rings is 6. The SMILES string of the molecule is COc1cc(N=Nc2cc(OCCO)c(N=Nc3c(SOOO)cc4cc(S(=O)(=O)O)c(N)cc4c3O)cc2OC)c(OC)cc1N=Nc1ccc2c(S(=O)(=O)O)cccc2c1. The van der Waals surface area contributed by atoms with E-state index in [2.05, 4.69) is 40.1 Å². The molecule has 0 atom stereocenters. The van der Waals surface area contributed by atoms with Gasteiger partial charge in [0.1, 0.15) is 67.8 Å². The summed E-state index contributed by atoms with van der Waals surface area (Å²) in [6.45, 7) is -0.593. The van der Waals surface area contributed by atoms with E-state index < -0.39 is 37.5 Å². The Morgan fingerprint density at radius 3 is 1.77 bits per heavy atom. The molecule has 0 unspecified atom stereocenters. The summed E-state index contributed by atoms with van der Waals surface area (Å²) in [5, 5.41) is 59.8. The maximum Gasteiger partial charge on any atom is 0.296 e. The highest BCUT2D eigenvalue weighted by Gasteiger charge is 2.22. The molecule has 6 aromatic carbocycles. The topological polar surface area (TPSA) is 325 Å². The molecule has 6 aromatic rings. The van der Waals surface area contributed by atoms with E-state index in [0.29, 0.717) is 28.5 Å². The molecule has 62 heavy (non-hydrogen) atoms. The van der Waals surface area contributed by atoms with Gasteiger partial charge in [-0.05, 0) is 47.2 Å². The van der Waals surface area contributed by atoms with Crippen molar-refractivity contribution < 1.29 is 69.7 Å². The summed E-state index contributed by atoms with van der Waals surface area (Å²) in [4.78, 5) is -0.910. The molecule has 7 N–H and O–H groups in total. The zero-order chi connectivity index (χ0) is 44.8. The molecule has 6 rings (SSSR count). The molecule has 0 radical (unpaired) electrons. The fourth-order valence-electron chi connectivity index (χ4n) is 5.83. The lowest BCUT2D eigenvalue weighted by molar-refractivity contribution is -0.432. The molecule has 0 aliphatic carbocycles. The van der Waals surface area contributed by atoms with E-state index in [-0.39, 0.29) is 84.3 Å². The normalized spacial score (nSPS) is 12.3. The summed E-state index contributed by atoms with van der Waals surface area (Å²) in [5.41, 5.74) is 6.12. The molecule has 0 aromatic heterocycles. The van der Waals surface area contributed by atoms with Gasteiger partial charge < -0.3 is 34.9 Å². The second-order valence-corrected chi connectivity index (χ2v) is 15.9. The maximum atomic E-state index is 11.9. The Bertz CT molecular complexity index is 3010. The minimum Gasteiger partial charge on any atom is -0.505 e. The van der Waals surface area contributed by atoms with Crippen LogP contribution in [0, 0.1) is 0 Å². The molecule has 0 saturated carbocycles. The fraction of sp³-hybridized carbons (Fsp3) is 0.135. The van der Waals surface area contributed by atoms with E-state index in [9.17, 15) is 36.2 Å². The van der Waals surface area contributed by atoms with Crippen molar-refractivity contribution in [3.05, 3.63) is 78.9 Å². The molecule has 0 fully saturated rings. The van der Waals surface area contributed by atoms with Crippen molar-refractivity contribution in [2.75, 3.05) is 40.3 Å². The number of phenols is 1. The Morgan fingerprint density at radius 2 is 1.21 bits per heavy atom. The number of anilines is 1. The third kappa shape index (κ3) is 9.97. The number of fused-ring (bicyclic) bond motifs is 2. The van der Waals surface area contributed by atoms with Gasteiger partial charge in [0, 0.05) is 35.0 Å². The van der Waals surface area contributed by atoms with Crippen LogP contribution in [0.1, 0.15) is 0 Å². The molecule has 0 amide bonds. The van der Waals surface area contributed by atoms with Crippen molar-refractivity contribution >= 4 is 93.6 Å². The van der Waals surface area contributed by atoms with Crippen molar-refractivity contribution in [1.29, 1.82) is 0 Å². The number of aliphatic hydroxyl groups is 1. The van der Waals surface area contributed by atoms with Crippen LogP contribution in [0.15, 0.2) is 124 Å². The molecule has 25 heteroatoms. The number of azo groups is 3. The first-order valence-electron chi connectivity index (χ1n) is 17.3. The highest BCUT2D eigenvalue weighted by Crippen LogP contribution is 2.48. The summed E-state index contributed by atoms with van der Waals surface area (Å²) >= 11 is 0.371. The van der Waals surface area contributed by atoms with E-state index in [4.69, 9.17) is 29.9 Å². The lowest BCUT2D eigenvalue weighted by atomic mass is 10.1. The number of aromatic hydroxyl groups is 1. The number of phenolic OH excluding ortho intramolecular Hbond substituents is 1. The largest absolute Gasteiger partial charge is 0.505 e. The van der Waals surface area contributed by atoms with Crippen molar-refractivity contribution in [1.82, 2.24) is 0 Å². The predicted octanol–water partition coefficient (Wildman–Crippen LogP) is 8.85. The number of methoxy groups -OCH3 is 3. The minimum atomic E-state index is -4.74. The van der Waals surface area contributed by atoms with Crippen molar-refractivity contribution in [3.8, 4) is 28.7 Å². The Hall–Kier alpha value is -6.55. The van der Waals surface area contributed by atoms with Gasteiger partial charge in [0.2, 0.25) is 0 Å². The Kier molecular flexibility index (Phi) is 13.8. The zero-order valence-electron chi connectivity index (χ0n) is 32.2. The molecule has 0 saturated heterocycles. The average Bonchev–Trinajstić information content (AvgIpc) is 3.24. The number of ether oxygens (including phenoxy) is 4. The van der Waals surface area contributed by atoms with E-state index in [1.54, 1.807) is 12.1 Å². The quantitative estimate of drug-likeness (QED) is 0.0124. The monoisotopic (exact) mass is 911 g/mol. The number of hydrogen-bond acceptors (Lipinski definition) is 21. The van der Waals surface area contributed by atoms with Crippen molar-refractivity contribution in [2.45, 2.75) is 14.7 Å². The van der Waals surface area contributed by atoms with E-state index in [1.807, 2.05) is 0 Å². The second-order valence-electron chi connectivity index (χ2n) is 12.4. The van der Waals surface area contributed by atoms with Crippen molar-refractivity contribution in [2.24, 2.45) is 30.7 Å². The molecule has 0 heterocycles. The molecule has 0 aliphatic rings. The summed E-state index contributed by atoms with van der Waals surface area (Å²) in [6.07, 6.45) is 0. The Morgan fingerprint density at radius 1 is 0.645 bits per heavy atom. The van der Waals surface area contributed by atoms with Gasteiger partial charge in [0.05, 0.1) is 56.2 Å². The second kappa shape index (κ2) is 19.0. The van der Waals surface area contributed by atoms with Crippen LogP contribution >= 0.6 is 12.0 Å². The third-order valence-corrected chi connectivity index (χ3v) is 11.0. The number of nitrogen functional groups attached to an aromatic ring is 1. The van der Waals surface area contributed by atoms with Gasteiger partial charge in [-0.25, -0.2) is 5.26 Å². The van der Waals surface area contributed by atoms with Gasteiger partial charge in [-0.15, -0.1) is 29.9 Å². The minimum absolute atomic E-state index is 0.00417. The van der Waals surface area contributed by atoms with Crippen LogP contribution in [0.25, 0.3) is 21.5 Å². The highest BCUT2D eigenvalue weighted by atomic mass is 32.2. The van der Waals surface area contributed by atoms with Crippen molar-refractivity contribution in [3.63, 3.8) is 0 Å². The standard InChI is InChI=1S/C37H33N7O15S3/c1-54-29-16-26(30(55-2)15-25(29)40-39-21-7-8-22-19(11-21)5-4-6-34(22)61(48,49)50)41-42-27-18-32(57-10-9-45)28(17-31(27)56-3)43-44-36-33(60-59-58-47)12-20-13-35(62(51,52)53)24(38)14-23(20)37(36)46/h4-8,11-18,45-47H,9-10,38H2,1-3H3,(H,48,49,50)(H,51,52,53). The molecule has 22 nitrogen and oxygen atoms in total. The predicted molar refractivity (Wildman–Crippen MR) is 222 cm³/mol. The number of rotatable bonds is 17. The van der Waals surface area contributed by atoms with E-state index >= 15 is 0 Å². The number of hydrogen-bond donors (Lipinski definition) is 6. The van der Waals surface area contributed by atoms with Gasteiger partial charge in [-0.1, -0.05) is 23.2 Å². The fourth-order valence-corrected chi connectivity index (χ4v) is 7.67. The van der Waals surface area contributed by atoms with Crippen LogP contribution < -0.4 is 24.7 Å². The first-order valence-corrected chi connectivity index (χ1v) is 20.9. The van der Waals surface area contributed by atoms with Gasteiger partial charge in [0.25, 0.3) is 20.2 Å². The van der Waals surface area contributed by atoms with Gasteiger partial charge in [-0.3, -0.25) is 9.11 Å². The molecular weight excluding hydrogens is 879 g/mol. The van der Waals surface area contributed by atoms with Crippen LogP contribution in [-0.2, 0) is 29.6 Å². The summed E-state index contributed by atoms with van der Waals surface area (Å²) in [5.74, 6) is -0.000868. The maximum absolute atomic E-state index is 11.9. The number of nitrogens with zero attached hydrogens (tertiary/aromatic N) is 6. The van der Waals surface area contributed by atoms with Gasteiger partial charge in [-0.2, -0.15) is 21.9 Å². The van der Waals surface area contributed by atoms with E-state index in [1.165, 1.54) is 75.9 Å². The van der Waals surface area contributed by atoms with Crippen LogP contribution in [0.4, 0.5) is 39.8 Å². The molecule has 0 aliphatic heterocycles. The van der Waals surface area contributed by atoms with Crippen LogP contribution in [0.2, 0.25) is 0 Å². The van der Waals surface area contributed by atoms with Crippen LogP contribution in [0.3, 0.4) is 0 Å². The molecule has 0 bridgehead atoms. The third-order valence-electron chi connectivity index (χ3n) is 8.60. The van der Waals surface area contributed by atoms with Gasteiger partial charge in [0.15, 0.2) is 5.75 Å². The lowest BCUT2D eigenvalue weighted by Crippen LogP contribution is -2.03. The Labute approximate surface area is 355 Å². The first-order chi connectivity index (χ1) is 29.6. The smallest absolute Gasteiger partial charge is 0.296 e. The Balaban J connectivity index is 1.35. The van der Waals surface area contributed by atoms with Crippen LogP contribution in [-0.4, -0.2) is 76.0 Å². The lowest BCUT2D eigenvalue weighted by Gasteiger charge is -2.13. The first kappa shape index (κ1) is 45.0. The summed E-state index contributed by atoms with van der Waals surface area (Å²) in [7, 11) is -5.06. The summed E-state index contributed by atoms with van der Waals surface area (Å²) < 4.78 is 93.4. The van der Waals surface area contributed by atoms with Gasteiger partial charge >= 0.3 is 0 Å². The van der Waals surface area contributed by atoms with Crippen LogP contribution in [0.5, 0.6) is 28.7 Å². The molecule has 324 valence electrons. The zero-order valence-corrected chi connectivity index (χ0v) is 34.7. The highest BCUT2D eigenvalue weighted by molar-refractivity contribution is 7.94. The summed E-state index contributed by atoms with van der Waals surface area (Å²) in [6, 6.07) is 18.2. The average molecular weight is 912 g/mol. The number of nitrogens with two attached hydrogens (primary N) is 1.